The van der Waals surface area contributed by atoms with Gasteiger partial charge in [0, 0.05) is 30.6 Å². The second-order valence-electron chi connectivity index (χ2n) is 9.40. The zero-order chi connectivity index (χ0) is 27.9. The lowest BCUT2D eigenvalue weighted by Crippen LogP contribution is -2.44. The van der Waals surface area contributed by atoms with E-state index in [9.17, 15) is 22.4 Å². The number of nitrogens with one attached hydrogen (secondary N) is 1. The lowest BCUT2D eigenvalue weighted by atomic mass is 10.0. The Morgan fingerprint density at radius 2 is 1.68 bits per heavy atom. The van der Waals surface area contributed by atoms with Crippen molar-refractivity contribution in [3.63, 3.8) is 0 Å². The smallest absolute Gasteiger partial charge is 0.475 e. The third-order valence-corrected chi connectivity index (χ3v) is 7.29. The van der Waals surface area contributed by atoms with Gasteiger partial charge in [-0.15, -0.1) is 11.3 Å². The number of rotatable bonds is 6. The maximum absolute atomic E-state index is 13.5. The standard InChI is InChI=1S/C26H29FN2OS.C2HF3O2/c1-18(2)20-8-6-19(7-9-20)17-29-14-12-23(13-15-29)28-26(30)25-11-10-24(31-25)21-4-3-5-22(27)16-21;3-2(4,5)1(6)7/h3-11,16,18,23H,12-15,17H2,1-2H3,(H,28,30);(H,6,7). The van der Waals surface area contributed by atoms with Gasteiger partial charge in [-0.05, 0) is 59.7 Å². The van der Waals surface area contributed by atoms with Crippen LogP contribution in [-0.4, -0.2) is 47.2 Å². The van der Waals surface area contributed by atoms with E-state index in [-0.39, 0.29) is 17.8 Å². The molecule has 38 heavy (non-hydrogen) atoms. The molecule has 1 fully saturated rings. The van der Waals surface area contributed by atoms with E-state index in [1.165, 1.54) is 34.6 Å². The number of amides is 1. The minimum Gasteiger partial charge on any atom is -0.475 e. The minimum absolute atomic E-state index is 0.0321. The number of carbonyl (C=O) groups is 2. The molecule has 1 amide bonds. The molecule has 1 aromatic heterocycles. The van der Waals surface area contributed by atoms with Crippen molar-refractivity contribution in [2.24, 2.45) is 0 Å². The molecular weight excluding hydrogens is 520 g/mol. The molecule has 1 saturated heterocycles. The summed E-state index contributed by atoms with van der Waals surface area (Å²) in [4.78, 5) is 25.6. The van der Waals surface area contributed by atoms with Crippen LogP contribution in [0.5, 0.6) is 0 Å². The number of benzene rings is 2. The average Bonchev–Trinajstić information content (AvgIpc) is 3.36. The second-order valence-corrected chi connectivity index (χ2v) is 10.5. The number of piperidine rings is 1. The predicted molar refractivity (Wildman–Crippen MR) is 140 cm³/mol. The summed E-state index contributed by atoms with van der Waals surface area (Å²) in [6.07, 6.45) is -3.17. The topological polar surface area (TPSA) is 69.6 Å². The Balaban J connectivity index is 0.000000505. The summed E-state index contributed by atoms with van der Waals surface area (Å²) in [5, 5.41) is 10.3. The highest BCUT2D eigenvalue weighted by molar-refractivity contribution is 7.17. The zero-order valence-corrected chi connectivity index (χ0v) is 21.9. The van der Waals surface area contributed by atoms with E-state index in [2.05, 4.69) is 48.3 Å². The third-order valence-electron chi connectivity index (χ3n) is 6.16. The van der Waals surface area contributed by atoms with Gasteiger partial charge in [-0.2, -0.15) is 13.2 Å². The molecule has 0 unspecified atom stereocenters. The summed E-state index contributed by atoms with van der Waals surface area (Å²) < 4.78 is 45.2. The van der Waals surface area contributed by atoms with Gasteiger partial charge >= 0.3 is 12.1 Å². The fourth-order valence-corrected chi connectivity index (χ4v) is 4.92. The molecule has 0 bridgehead atoms. The molecule has 0 aliphatic carbocycles. The number of alkyl halides is 3. The molecule has 0 spiro atoms. The molecule has 2 heterocycles. The predicted octanol–water partition coefficient (Wildman–Crippen LogP) is 6.71. The number of halogens is 4. The van der Waals surface area contributed by atoms with E-state index < -0.39 is 12.1 Å². The van der Waals surface area contributed by atoms with Crippen molar-refractivity contribution >= 4 is 23.2 Å². The number of nitrogens with zero attached hydrogens (tertiary/aromatic N) is 1. The summed E-state index contributed by atoms with van der Waals surface area (Å²) in [5.41, 5.74) is 3.52. The van der Waals surface area contributed by atoms with E-state index in [1.807, 2.05) is 18.2 Å². The van der Waals surface area contributed by atoms with Crippen molar-refractivity contribution in [1.82, 2.24) is 10.2 Å². The van der Waals surface area contributed by atoms with Crippen LogP contribution < -0.4 is 5.32 Å². The lowest BCUT2D eigenvalue weighted by Gasteiger charge is -2.32. The highest BCUT2D eigenvalue weighted by Crippen LogP contribution is 2.29. The number of likely N-dealkylation sites (tertiary alicyclic amines) is 1. The highest BCUT2D eigenvalue weighted by Gasteiger charge is 2.38. The van der Waals surface area contributed by atoms with Crippen molar-refractivity contribution < 1.29 is 32.3 Å². The average molecular weight is 551 g/mol. The lowest BCUT2D eigenvalue weighted by molar-refractivity contribution is -0.192. The largest absolute Gasteiger partial charge is 0.490 e. The van der Waals surface area contributed by atoms with Crippen molar-refractivity contribution in [2.45, 2.75) is 51.4 Å². The number of thiophene rings is 1. The number of hydrogen-bond acceptors (Lipinski definition) is 4. The highest BCUT2D eigenvalue weighted by atomic mass is 32.1. The number of carboxylic acid groups (broad SMARTS) is 1. The summed E-state index contributed by atoms with van der Waals surface area (Å²) >= 11 is 1.41. The van der Waals surface area contributed by atoms with Crippen LogP contribution in [0.15, 0.2) is 60.7 Å². The number of aliphatic carboxylic acids is 1. The summed E-state index contributed by atoms with van der Waals surface area (Å²) in [6.45, 7) is 7.35. The molecule has 3 aromatic rings. The van der Waals surface area contributed by atoms with Crippen LogP contribution in [0.4, 0.5) is 17.6 Å². The van der Waals surface area contributed by atoms with Crippen molar-refractivity contribution in [2.75, 3.05) is 13.1 Å². The van der Waals surface area contributed by atoms with Crippen LogP contribution in [0.25, 0.3) is 10.4 Å². The van der Waals surface area contributed by atoms with Crippen molar-refractivity contribution in [3.8, 4) is 10.4 Å². The van der Waals surface area contributed by atoms with Gasteiger partial charge in [-0.1, -0.05) is 50.2 Å². The molecule has 4 rings (SSSR count). The molecular formula is C28H30F4N2O3S. The summed E-state index contributed by atoms with van der Waals surface area (Å²) in [7, 11) is 0. The SMILES string of the molecule is CC(C)c1ccc(CN2CCC(NC(=O)c3ccc(-c4cccc(F)c4)s3)CC2)cc1.O=C(O)C(F)(F)F. The first-order chi connectivity index (χ1) is 17.9. The first kappa shape index (κ1) is 29.3. The van der Waals surface area contributed by atoms with Crippen LogP contribution in [0.2, 0.25) is 0 Å². The van der Waals surface area contributed by atoms with Crippen LogP contribution >= 0.6 is 11.3 Å². The van der Waals surface area contributed by atoms with Gasteiger partial charge in [0.2, 0.25) is 0 Å². The molecule has 0 saturated carbocycles. The van der Waals surface area contributed by atoms with Crippen LogP contribution in [0.3, 0.4) is 0 Å². The van der Waals surface area contributed by atoms with Crippen LogP contribution in [-0.2, 0) is 11.3 Å². The molecule has 0 atom stereocenters. The fourth-order valence-electron chi connectivity index (χ4n) is 4.01. The van der Waals surface area contributed by atoms with Gasteiger partial charge < -0.3 is 10.4 Å². The van der Waals surface area contributed by atoms with E-state index >= 15 is 0 Å². The fraction of sp³-hybridized carbons (Fsp3) is 0.357. The third kappa shape index (κ3) is 8.66. The van der Waals surface area contributed by atoms with Crippen LogP contribution in [0, 0.1) is 5.82 Å². The van der Waals surface area contributed by atoms with Gasteiger partial charge in [-0.3, -0.25) is 9.69 Å². The van der Waals surface area contributed by atoms with Crippen molar-refractivity contribution in [3.05, 3.63) is 82.5 Å². The van der Waals surface area contributed by atoms with Gasteiger partial charge in [0.05, 0.1) is 4.88 Å². The van der Waals surface area contributed by atoms with Gasteiger partial charge in [-0.25, -0.2) is 9.18 Å². The van der Waals surface area contributed by atoms with E-state index in [4.69, 9.17) is 9.90 Å². The van der Waals surface area contributed by atoms with Gasteiger partial charge in [0.25, 0.3) is 5.91 Å². The molecule has 10 heteroatoms. The van der Waals surface area contributed by atoms with Gasteiger partial charge in [0.15, 0.2) is 0 Å². The second kappa shape index (κ2) is 13.0. The quantitative estimate of drug-likeness (QED) is 0.335. The van der Waals surface area contributed by atoms with E-state index in [0.717, 1.165) is 42.9 Å². The Bertz CT molecular complexity index is 1220. The Labute approximate surface area is 223 Å². The van der Waals surface area contributed by atoms with Crippen LogP contribution in [0.1, 0.15) is 53.4 Å². The van der Waals surface area contributed by atoms with E-state index in [0.29, 0.717) is 10.8 Å². The molecule has 2 aromatic carbocycles. The minimum atomic E-state index is -5.08. The maximum atomic E-state index is 13.5. The van der Waals surface area contributed by atoms with E-state index in [1.54, 1.807) is 6.07 Å². The zero-order valence-electron chi connectivity index (χ0n) is 21.1. The van der Waals surface area contributed by atoms with Crippen molar-refractivity contribution in [1.29, 1.82) is 0 Å². The molecule has 0 radical (unpaired) electrons. The molecule has 5 nitrogen and oxygen atoms in total. The number of carboxylic acids is 1. The Kier molecular flexibility index (Phi) is 10.0. The van der Waals surface area contributed by atoms with Gasteiger partial charge in [0.1, 0.15) is 5.82 Å². The maximum Gasteiger partial charge on any atom is 0.490 e. The summed E-state index contributed by atoms with van der Waals surface area (Å²) in [6, 6.07) is 19.3. The first-order valence-corrected chi connectivity index (χ1v) is 13.0. The molecule has 2 N–H and O–H groups in total. The Morgan fingerprint density at radius 3 is 2.24 bits per heavy atom. The summed E-state index contributed by atoms with van der Waals surface area (Å²) in [5.74, 6) is -2.50. The molecule has 204 valence electrons. The monoisotopic (exact) mass is 550 g/mol. The Hall–Kier alpha value is -3.24. The normalized spacial score (nSPS) is 14.6. The molecule has 1 aliphatic rings. The first-order valence-electron chi connectivity index (χ1n) is 12.2. The Morgan fingerprint density at radius 1 is 1.05 bits per heavy atom. The number of carbonyl (C=O) groups excluding carboxylic acids is 1. The number of hydrogen-bond donors (Lipinski definition) is 2. The molecule has 1 aliphatic heterocycles.